The predicted octanol–water partition coefficient (Wildman–Crippen LogP) is 1.94. The minimum Gasteiger partial charge on any atom is -0.383 e. The van der Waals surface area contributed by atoms with E-state index in [9.17, 15) is 14.7 Å². The Kier molecular flexibility index (Phi) is 5.08. The lowest BCUT2D eigenvalue weighted by Crippen LogP contribution is -2.45. The van der Waals surface area contributed by atoms with Gasteiger partial charge in [-0.05, 0) is 43.6 Å². The van der Waals surface area contributed by atoms with Crippen molar-refractivity contribution in [2.45, 2.75) is 37.7 Å². The third-order valence-electron chi connectivity index (χ3n) is 6.24. The molecule has 3 aliphatic rings. The average molecular weight is 371 g/mol. The van der Waals surface area contributed by atoms with Crippen LogP contribution in [0.25, 0.3) is 0 Å². The molecule has 146 valence electrons. The molecule has 2 aliphatic heterocycles. The van der Waals surface area contributed by atoms with E-state index in [0.717, 1.165) is 44.3 Å². The van der Waals surface area contributed by atoms with Crippen LogP contribution in [0.1, 0.15) is 37.7 Å². The Balaban J connectivity index is 1.22. The molecule has 3 fully saturated rings. The zero-order chi connectivity index (χ0) is 18.9. The maximum atomic E-state index is 12.5. The van der Waals surface area contributed by atoms with Crippen LogP contribution in [0, 0.1) is 11.8 Å². The Morgan fingerprint density at radius 3 is 2.41 bits per heavy atom. The van der Waals surface area contributed by atoms with Crippen molar-refractivity contribution < 1.29 is 14.7 Å². The highest BCUT2D eigenvalue weighted by Crippen LogP contribution is 2.33. The number of carbonyl (C=O) groups excluding carboxylic acids is 2. The summed E-state index contributed by atoms with van der Waals surface area (Å²) in [6, 6.07) is 9.48. The van der Waals surface area contributed by atoms with Gasteiger partial charge in [0.1, 0.15) is 5.60 Å². The first-order valence-electron chi connectivity index (χ1n) is 10.1. The van der Waals surface area contributed by atoms with E-state index in [-0.39, 0.29) is 6.03 Å². The van der Waals surface area contributed by atoms with E-state index in [1.807, 2.05) is 35.2 Å². The van der Waals surface area contributed by atoms with E-state index >= 15 is 0 Å². The summed E-state index contributed by atoms with van der Waals surface area (Å²) in [6.07, 6.45) is 4.57. The number of urea groups is 1. The fourth-order valence-corrected chi connectivity index (χ4v) is 4.24. The van der Waals surface area contributed by atoms with Crippen LogP contribution in [0.2, 0.25) is 0 Å². The molecule has 0 unspecified atom stereocenters. The lowest BCUT2D eigenvalue weighted by molar-refractivity contribution is -0.133. The first-order chi connectivity index (χ1) is 13.0. The van der Waals surface area contributed by atoms with Crippen LogP contribution in [0.15, 0.2) is 30.3 Å². The first kappa shape index (κ1) is 18.3. The smallest absolute Gasteiger partial charge is 0.317 e. The van der Waals surface area contributed by atoms with Crippen LogP contribution >= 0.6 is 0 Å². The van der Waals surface area contributed by atoms with Crippen LogP contribution < -0.4 is 5.32 Å². The van der Waals surface area contributed by atoms with Crippen molar-refractivity contribution in [2.75, 3.05) is 32.7 Å². The van der Waals surface area contributed by atoms with Gasteiger partial charge in [-0.1, -0.05) is 30.3 Å². The van der Waals surface area contributed by atoms with Gasteiger partial charge in [0.25, 0.3) is 0 Å². The van der Waals surface area contributed by atoms with Crippen molar-refractivity contribution >= 4 is 11.9 Å². The van der Waals surface area contributed by atoms with Crippen molar-refractivity contribution in [3.8, 4) is 0 Å². The number of likely N-dealkylation sites (tertiary alicyclic amines) is 2. The number of hydrogen-bond donors (Lipinski definition) is 2. The SMILES string of the molecule is O=C(NCC1CCN(C(=O)C2CC2)CC1)N1CC[C@@](O)(c2ccccc2)C1. The number of benzene rings is 1. The number of piperidine rings is 1. The molecule has 27 heavy (non-hydrogen) atoms. The lowest BCUT2D eigenvalue weighted by atomic mass is 9.93. The van der Waals surface area contributed by atoms with Crippen molar-refractivity contribution in [3.63, 3.8) is 0 Å². The third-order valence-corrected chi connectivity index (χ3v) is 6.24. The summed E-state index contributed by atoms with van der Waals surface area (Å²) in [7, 11) is 0. The number of hydrogen-bond acceptors (Lipinski definition) is 3. The van der Waals surface area contributed by atoms with Gasteiger partial charge in [0.05, 0.1) is 6.54 Å². The summed E-state index contributed by atoms with van der Waals surface area (Å²) in [4.78, 5) is 28.3. The summed E-state index contributed by atoms with van der Waals surface area (Å²) in [5.41, 5.74) is -0.0828. The van der Waals surface area contributed by atoms with Crippen molar-refractivity contribution in [3.05, 3.63) is 35.9 Å². The maximum Gasteiger partial charge on any atom is 0.317 e. The number of rotatable bonds is 4. The number of aliphatic hydroxyl groups is 1. The van der Waals surface area contributed by atoms with Gasteiger partial charge in [0.2, 0.25) is 5.91 Å². The van der Waals surface area contributed by atoms with Crippen LogP contribution in [0.4, 0.5) is 4.79 Å². The molecule has 0 bridgehead atoms. The van der Waals surface area contributed by atoms with Gasteiger partial charge in [-0.3, -0.25) is 4.79 Å². The fraction of sp³-hybridized carbons (Fsp3) is 0.619. The van der Waals surface area contributed by atoms with Gasteiger partial charge in [0.15, 0.2) is 0 Å². The molecule has 2 saturated heterocycles. The van der Waals surface area contributed by atoms with Gasteiger partial charge in [0, 0.05) is 32.1 Å². The summed E-state index contributed by atoms with van der Waals surface area (Å²) in [6.45, 7) is 3.16. The van der Waals surface area contributed by atoms with E-state index in [0.29, 0.717) is 43.8 Å². The van der Waals surface area contributed by atoms with E-state index in [1.54, 1.807) is 4.90 Å². The van der Waals surface area contributed by atoms with Crippen LogP contribution in [-0.2, 0) is 10.4 Å². The second-order valence-corrected chi connectivity index (χ2v) is 8.30. The molecule has 6 heteroatoms. The second kappa shape index (κ2) is 7.50. The monoisotopic (exact) mass is 371 g/mol. The molecule has 1 saturated carbocycles. The molecular formula is C21H29N3O3. The van der Waals surface area contributed by atoms with Crippen LogP contribution in [-0.4, -0.2) is 59.6 Å². The highest BCUT2D eigenvalue weighted by Gasteiger charge is 2.40. The topological polar surface area (TPSA) is 72.9 Å². The zero-order valence-corrected chi connectivity index (χ0v) is 15.8. The minimum atomic E-state index is -0.951. The Morgan fingerprint density at radius 2 is 1.74 bits per heavy atom. The maximum absolute atomic E-state index is 12.5. The van der Waals surface area contributed by atoms with E-state index in [1.165, 1.54) is 0 Å². The molecule has 2 heterocycles. The summed E-state index contributed by atoms with van der Waals surface area (Å²) >= 11 is 0. The van der Waals surface area contributed by atoms with Gasteiger partial charge < -0.3 is 20.2 Å². The second-order valence-electron chi connectivity index (χ2n) is 8.30. The molecule has 1 aromatic rings. The molecule has 0 radical (unpaired) electrons. The molecule has 6 nitrogen and oxygen atoms in total. The highest BCUT2D eigenvalue weighted by molar-refractivity contribution is 5.81. The molecule has 0 aromatic heterocycles. The number of carbonyl (C=O) groups is 2. The Labute approximate surface area is 160 Å². The molecular weight excluding hydrogens is 342 g/mol. The molecule has 1 aromatic carbocycles. The van der Waals surface area contributed by atoms with Crippen LogP contribution in [0.5, 0.6) is 0 Å². The summed E-state index contributed by atoms with van der Waals surface area (Å²) in [5.74, 6) is 1.04. The number of β-amino-alcohol motifs (C(OH)–C–C–N with tert-alkyl or cyclic N) is 1. The normalized spacial score (nSPS) is 26.3. The summed E-state index contributed by atoms with van der Waals surface area (Å²) < 4.78 is 0. The lowest BCUT2D eigenvalue weighted by Gasteiger charge is -2.32. The van der Waals surface area contributed by atoms with Gasteiger partial charge in [-0.15, -0.1) is 0 Å². The van der Waals surface area contributed by atoms with Gasteiger partial charge in [-0.25, -0.2) is 4.79 Å². The van der Waals surface area contributed by atoms with Crippen molar-refractivity contribution in [1.29, 1.82) is 0 Å². The third kappa shape index (κ3) is 4.10. The van der Waals surface area contributed by atoms with E-state index in [2.05, 4.69) is 5.32 Å². The number of nitrogens with zero attached hydrogens (tertiary/aromatic N) is 2. The molecule has 0 spiro atoms. The average Bonchev–Trinajstić information content (AvgIpc) is 3.48. The highest BCUT2D eigenvalue weighted by atomic mass is 16.3. The summed E-state index contributed by atoms with van der Waals surface area (Å²) in [5, 5.41) is 13.9. The Morgan fingerprint density at radius 1 is 1.04 bits per heavy atom. The van der Waals surface area contributed by atoms with E-state index in [4.69, 9.17) is 0 Å². The quantitative estimate of drug-likeness (QED) is 0.850. The molecule has 3 amide bonds. The molecule has 4 rings (SSSR count). The predicted molar refractivity (Wildman–Crippen MR) is 102 cm³/mol. The number of nitrogens with one attached hydrogen (secondary N) is 1. The largest absolute Gasteiger partial charge is 0.383 e. The number of amides is 3. The molecule has 1 aliphatic carbocycles. The zero-order valence-electron chi connectivity index (χ0n) is 15.8. The van der Waals surface area contributed by atoms with Crippen molar-refractivity contribution in [2.24, 2.45) is 11.8 Å². The van der Waals surface area contributed by atoms with Crippen LogP contribution in [0.3, 0.4) is 0 Å². The Hall–Kier alpha value is -2.08. The Bertz CT molecular complexity index is 683. The molecule has 2 N–H and O–H groups in total. The first-order valence-corrected chi connectivity index (χ1v) is 10.1. The van der Waals surface area contributed by atoms with Gasteiger partial charge in [-0.2, -0.15) is 0 Å². The minimum absolute atomic E-state index is 0.0988. The van der Waals surface area contributed by atoms with Gasteiger partial charge >= 0.3 is 6.03 Å². The standard InChI is InChI=1S/C21H29N3O3/c25-19(17-6-7-17)23-11-8-16(9-12-23)14-22-20(26)24-13-10-21(27,15-24)18-4-2-1-3-5-18/h1-5,16-17,27H,6-15H2,(H,22,26)/t21-/m0/s1. The van der Waals surface area contributed by atoms with E-state index < -0.39 is 5.60 Å². The molecule has 1 atom stereocenters. The van der Waals surface area contributed by atoms with Crippen molar-refractivity contribution in [1.82, 2.24) is 15.1 Å². The fourth-order valence-electron chi connectivity index (χ4n) is 4.24.